The van der Waals surface area contributed by atoms with E-state index in [-0.39, 0.29) is 24.2 Å². The largest absolute Gasteiger partial charge is 0.352 e. The summed E-state index contributed by atoms with van der Waals surface area (Å²) in [6.45, 7) is 3.66. The van der Waals surface area contributed by atoms with Gasteiger partial charge in [0.15, 0.2) is 0 Å². The van der Waals surface area contributed by atoms with E-state index in [0.717, 1.165) is 36.1 Å². The Hall–Kier alpha value is -3.48. The van der Waals surface area contributed by atoms with Crippen molar-refractivity contribution in [1.82, 2.24) is 20.1 Å². The number of hydrogen-bond acceptors (Lipinski definition) is 4. The molecule has 2 heterocycles. The quantitative estimate of drug-likeness (QED) is 0.564. The normalized spacial score (nSPS) is 15.8. The number of rotatable bonds is 9. The molecule has 7 nitrogen and oxygen atoms in total. The van der Waals surface area contributed by atoms with Crippen molar-refractivity contribution < 1.29 is 9.59 Å². The third kappa shape index (κ3) is 5.41. The highest BCUT2D eigenvalue weighted by Gasteiger charge is 2.34. The molecule has 32 heavy (non-hydrogen) atoms. The summed E-state index contributed by atoms with van der Waals surface area (Å²) in [4.78, 5) is 31.0. The van der Waals surface area contributed by atoms with Gasteiger partial charge in [0, 0.05) is 25.2 Å². The van der Waals surface area contributed by atoms with Gasteiger partial charge in [-0.2, -0.15) is 5.10 Å². The lowest BCUT2D eigenvalue weighted by molar-refractivity contribution is -0.126. The van der Waals surface area contributed by atoms with Crippen molar-refractivity contribution in [1.29, 1.82) is 0 Å². The van der Waals surface area contributed by atoms with E-state index >= 15 is 0 Å². The van der Waals surface area contributed by atoms with Gasteiger partial charge in [-0.1, -0.05) is 49.7 Å². The van der Waals surface area contributed by atoms with E-state index in [1.54, 1.807) is 15.9 Å². The molecule has 1 aliphatic rings. The van der Waals surface area contributed by atoms with E-state index in [4.69, 9.17) is 0 Å². The number of amides is 2. The van der Waals surface area contributed by atoms with E-state index < -0.39 is 0 Å². The van der Waals surface area contributed by atoms with Gasteiger partial charge < -0.3 is 10.2 Å². The first-order valence-corrected chi connectivity index (χ1v) is 11.2. The van der Waals surface area contributed by atoms with Crippen LogP contribution in [0.5, 0.6) is 0 Å². The molecular formula is C25H29N5O2. The van der Waals surface area contributed by atoms with Crippen molar-refractivity contribution in [3.05, 3.63) is 77.9 Å². The number of anilines is 1. The molecule has 1 N–H and O–H groups in total. The Bertz CT molecular complexity index is 1050. The summed E-state index contributed by atoms with van der Waals surface area (Å²) in [5.74, 6) is -0.413. The molecule has 1 saturated heterocycles. The van der Waals surface area contributed by atoms with Crippen LogP contribution in [-0.4, -0.2) is 33.1 Å². The van der Waals surface area contributed by atoms with Gasteiger partial charge in [0.2, 0.25) is 11.8 Å². The van der Waals surface area contributed by atoms with E-state index in [2.05, 4.69) is 34.5 Å². The van der Waals surface area contributed by atoms with Crippen molar-refractivity contribution >= 4 is 17.5 Å². The van der Waals surface area contributed by atoms with Crippen molar-refractivity contribution in [3.63, 3.8) is 0 Å². The third-order valence-corrected chi connectivity index (χ3v) is 5.83. The Morgan fingerprint density at radius 3 is 2.69 bits per heavy atom. The van der Waals surface area contributed by atoms with Gasteiger partial charge in [-0.05, 0) is 41.7 Å². The second-order valence-electron chi connectivity index (χ2n) is 8.31. The Labute approximate surface area is 188 Å². The van der Waals surface area contributed by atoms with Crippen molar-refractivity contribution in [3.8, 4) is 0 Å². The zero-order valence-corrected chi connectivity index (χ0v) is 18.4. The van der Waals surface area contributed by atoms with E-state index in [1.807, 2.05) is 36.4 Å². The van der Waals surface area contributed by atoms with Crippen molar-refractivity contribution in [2.75, 3.05) is 11.4 Å². The second-order valence-corrected chi connectivity index (χ2v) is 8.31. The Morgan fingerprint density at radius 2 is 1.94 bits per heavy atom. The maximum atomic E-state index is 12.7. The van der Waals surface area contributed by atoms with E-state index in [1.165, 1.54) is 11.9 Å². The summed E-state index contributed by atoms with van der Waals surface area (Å²) >= 11 is 0. The third-order valence-electron chi connectivity index (χ3n) is 5.83. The molecule has 1 aromatic heterocycles. The van der Waals surface area contributed by atoms with Gasteiger partial charge in [0.05, 0.1) is 12.5 Å². The molecule has 7 heteroatoms. The summed E-state index contributed by atoms with van der Waals surface area (Å²) < 4.78 is 1.76. The van der Waals surface area contributed by atoms with Crippen LogP contribution in [0.25, 0.3) is 0 Å². The minimum Gasteiger partial charge on any atom is -0.352 e. The summed E-state index contributed by atoms with van der Waals surface area (Å²) in [6.07, 6.45) is 6.81. The van der Waals surface area contributed by atoms with Gasteiger partial charge in [-0.25, -0.2) is 9.67 Å². The van der Waals surface area contributed by atoms with Crippen molar-refractivity contribution in [2.45, 2.75) is 45.7 Å². The first kappa shape index (κ1) is 21.7. The molecule has 0 bridgehead atoms. The Kier molecular flexibility index (Phi) is 6.94. The Morgan fingerprint density at radius 1 is 1.12 bits per heavy atom. The van der Waals surface area contributed by atoms with Crippen LogP contribution in [0.1, 0.15) is 42.9 Å². The van der Waals surface area contributed by atoms with Crippen LogP contribution in [0.4, 0.5) is 5.69 Å². The van der Waals surface area contributed by atoms with Gasteiger partial charge >= 0.3 is 0 Å². The molecule has 1 aliphatic heterocycles. The first-order valence-electron chi connectivity index (χ1n) is 11.2. The fourth-order valence-corrected chi connectivity index (χ4v) is 4.03. The van der Waals surface area contributed by atoms with Crippen LogP contribution in [0.3, 0.4) is 0 Å². The average molecular weight is 432 g/mol. The highest BCUT2D eigenvalue weighted by molar-refractivity contribution is 6.00. The highest BCUT2D eigenvalue weighted by atomic mass is 16.2. The van der Waals surface area contributed by atoms with E-state index in [0.29, 0.717) is 19.6 Å². The highest BCUT2D eigenvalue weighted by Crippen LogP contribution is 2.26. The monoisotopic (exact) mass is 431 g/mol. The average Bonchev–Trinajstić information content (AvgIpc) is 3.46. The maximum absolute atomic E-state index is 12.7. The molecular weight excluding hydrogens is 402 g/mol. The fourth-order valence-electron chi connectivity index (χ4n) is 4.03. The topological polar surface area (TPSA) is 80.1 Å². The smallest absolute Gasteiger partial charge is 0.227 e. The van der Waals surface area contributed by atoms with Gasteiger partial charge in [-0.15, -0.1) is 0 Å². The number of aromatic nitrogens is 3. The standard InChI is InChI=1S/C25H29N5O2/c1-2-3-5-19-8-10-23(11-9-19)30-16-22(13-24(30)31)25(32)27-14-20-6-4-7-21(12-20)15-29-18-26-17-28-29/h4,6-12,17-18,22H,2-3,5,13-16H2,1H3,(H,27,32). The predicted octanol–water partition coefficient (Wildman–Crippen LogP) is 3.34. The summed E-state index contributed by atoms with van der Waals surface area (Å²) in [6, 6.07) is 16.2. The number of aryl methyl sites for hydroxylation is 1. The molecule has 2 amide bonds. The van der Waals surface area contributed by atoms with Crippen molar-refractivity contribution in [2.24, 2.45) is 5.92 Å². The second kappa shape index (κ2) is 10.2. The summed E-state index contributed by atoms with van der Waals surface area (Å²) in [7, 11) is 0. The molecule has 0 radical (unpaired) electrons. The molecule has 0 spiro atoms. The zero-order valence-electron chi connectivity index (χ0n) is 18.4. The SMILES string of the molecule is CCCCc1ccc(N2CC(C(=O)NCc3cccc(Cn4cncn4)c3)CC2=O)cc1. The molecule has 2 aromatic carbocycles. The summed E-state index contributed by atoms with van der Waals surface area (Å²) in [5, 5.41) is 7.12. The zero-order chi connectivity index (χ0) is 22.3. The lowest BCUT2D eigenvalue weighted by Crippen LogP contribution is -2.32. The predicted molar refractivity (Wildman–Crippen MR) is 123 cm³/mol. The number of carbonyl (C=O) groups excluding carboxylic acids is 2. The fraction of sp³-hybridized carbons (Fsp3) is 0.360. The number of benzene rings is 2. The molecule has 1 fully saturated rings. The van der Waals surface area contributed by atoms with Gasteiger partial charge in [-0.3, -0.25) is 9.59 Å². The van der Waals surface area contributed by atoms with Gasteiger partial charge in [0.25, 0.3) is 0 Å². The molecule has 3 aromatic rings. The van der Waals surface area contributed by atoms with Gasteiger partial charge in [0.1, 0.15) is 12.7 Å². The van der Waals surface area contributed by atoms with E-state index in [9.17, 15) is 9.59 Å². The number of hydrogen-bond donors (Lipinski definition) is 1. The maximum Gasteiger partial charge on any atom is 0.227 e. The van der Waals surface area contributed by atoms with Crippen LogP contribution in [0, 0.1) is 5.92 Å². The minimum absolute atomic E-state index is 0.00119. The number of nitrogens with zero attached hydrogens (tertiary/aromatic N) is 4. The van der Waals surface area contributed by atoms with Crippen LogP contribution >= 0.6 is 0 Å². The first-order chi connectivity index (χ1) is 15.6. The number of carbonyl (C=O) groups is 2. The number of unbranched alkanes of at least 4 members (excludes halogenated alkanes) is 1. The molecule has 166 valence electrons. The molecule has 0 saturated carbocycles. The van der Waals surface area contributed by atoms with Crippen LogP contribution in [-0.2, 0) is 29.1 Å². The van der Waals surface area contributed by atoms with Crippen LogP contribution in [0.2, 0.25) is 0 Å². The number of nitrogens with one attached hydrogen (secondary N) is 1. The Balaban J connectivity index is 1.31. The summed E-state index contributed by atoms with van der Waals surface area (Å²) in [5.41, 5.74) is 4.25. The lowest BCUT2D eigenvalue weighted by atomic mass is 10.1. The molecule has 4 rings (SSSR count). The van der Waals surface area contributed by atoms with Crippen LogP contribution in [0.15, 0.2) is 61.2 Å². The molecule has 0 aliphatic carbocycles. The molecule has 1 atom stereocenters. The minimum atomic E-state index is -0.333. The lowest BCUT2D eigenvalue weighted by Gasteiger charge is -2.17. The van der Waals surface area contributed by atoms with Crippen LogP contribution < -0.4 is 10.2 Å². The molecule has 1 unspecified atom stereocenters.